The smallest absolute Gasteiger partial charge is 0.265 e. The lowest BCUT2D eigenvalue weighted by Gasteiger charge is -2.35. The van der Waals surface area contributed by atoms with Gasteiger partial charge in [0, 0.05) is 42.4 Å². The molecule has 1 aromatic carbocycles. The lowest BCUT2D eigenvalue weighted by Crippen LogP contribution is -2.44. The Morgan fingerprint density at radius 2 is 1.88 bits per heavy atom. The molecule has 1 N–H and O–H groups in total. The SMILES string of the molecule is CCCc1cc(C(=O)Nc2ccc(N3CCN(C)CC3)c(C)c2)sc1C. The molecule has 1 fully saturated rings. The molecular formula is C21H29N3OS. The summed E-state index contributed by atoms with van der Waals surface area (Å²) < 4.78 is 0. The first-order valence-electron chi connectivity index (χ1n) is 9.42. The van der Waals surface area contributed by atoms with Crippen molar-refractivity contribution in [2.75, 3.05) is 43.4 Å². The third-order valence-corrected chi connectivity index (χ3v) is 6.15. The fourth-order valence-corrected chi connectivity index (χ4v) is 4.44. The third kappa shape index (κ3) is 4.27. The number of rotatable bonds is 5. The first-order valence-corrected chi connectivity index (χ1v) is 10.2. The molecule has 1 aromatic heterocycles. The number of nitrogens with zero attached hydrogens (tertiary/aromatic N) is 2. The third-order valence-electron chi connectivity index (χ3n) is 5.06. The molecule has 1 aliphatic heterocycles. The molecule has 26 heavy (non-hydrogen) atoms. The summed E-state index contributed by atoms with van der Waals surface area (Å²) in [7, 11) is 2.17. The number of hydrogen-bond acceptors (Lipinski definition) is 4. The largest absolute Gasteiger partial charge is 0.369 e. The van der Waals surface area contributed by atoms with E-state index in [4.69, 9.17) is 0 Å². The fourth-order valence-electron chi connectivity index (χ4n) is 3.48. The standard InChI is InChI=1S/C21H29N3OS/c1-5-6-17-14-20(26-16(17)3)21(25)22-18-7-8-19(15(2)13-18)24-11-9-23(4)10-12-24/h7-8,13-14H,5-6,9-12H2,1-4H3,(H,22,25). The van der Waals surface area contributed by atoms with Gasteiger partial charge in [-0.1, -0.05) is 13.3 Å². The number of nitrogens with one attached hydrogen (secondary N) is 1. The number of benzene rings is 1. The van der Waals surface area contributed by atoms with E-state index in [9.17, 15) is 4.79 Å². The van der Waals surface area contributed by atoms with E-state index in [0.717, 1.165) is 49.6 Å². The minimum absolute atomic E-state index is 0.00722. The highest BCUT2D eigenvalue weighted by molar-refractivity contribution is 7.14. The van der Waals surface area contributed by atoms with Gasteiger partial charge in [0.25, 0.3) is 5.91 Å². The highest BCUT2D eigenvalue weighted by atomic mass is 32.1. The maximum absolute atomic E-state index is 12.6. The molecule has 2 heterocycles. The average Bonchev–Trinajstić information content (AvgIpc) is 2.97. The molecule has 4 nitrogen and oxygen atoms in total. The van der Waals surface area contributed by atoms with E-state index in [1.54, 1.807) is 11.3 Å². The van der Waals surface area contributed by atoms with Crippen LogP contribution in [-0.2, 0) is 6.42 Å². The van der Waals surface area contributed by atoms with Crippen LogP contribution in [0.15, 0.2) is 24.3 Å². The number of hydrogen-bond donors (Lipinski definition) is 1. The van der Waals surface area contributed by atoms with Gasteiger partial charge in [0.2, 0.25) is 0 Å². The monoisotopic (exact) mass is 371 g/mol. The molecule has 1 saturated heterocycles. The number of piperazine rings is 1. The van der Waals surface area contributed by atoms with Gasteiger partial charge in [0.15, 0.2) is 0 Å². The molecule has 1 aliphatic rings. The second kappa shape index (κ2) is 8.23. The summed E-state index contributed by atoms with van der Waals surface area (Å²) in [6, 6.07) is 8.29. The summed E-state index contributed by atoms with van der Waals surface area (Å²) in [5.74, 6) is -0.00722. The van der Waals surface area contributed by atoms with Crippen LogP contribution < -0.4 is 10.2 Å². The molecule has 2 aromatic rings. The van der Waals surface area contributed by atoms with Crippen LogP contribution in [0.5, 0.6) is 0 Å². The Kier molecular flexibility index (Phi) is 5.99. The average molecular weight is 372 g/mol. The van der Waals surface area contributed by atoms with Crippen molar-refractivity contribution in [2.24, 2.45) is 0 Å². The van der Waals surface area contributed by atoms with Crippen molar-refractivity contribution in [1.29, 1.82) is 0 Å². The first kappa shape index (κ1) is 18.9. The van der Waals surface area contributed by atoms with Crippen LogP contribution in [0.4, 0.5) is 11.4 Å². The molecule has 140 valence electrons. The van der Waals surface area contributed by atoms with E-state index >= 15 is 0 Å². The van der Waals surface area contributed by atoms with Crippen LogP contribution in [0.3, 0.4) is 0 Å². The van der Waals surface area contributed by atoms with Crippen molar-refractivity contribution in [3.05, 3.63) is 45.1 Å². The molecule has 5 heteroatoms. The van der Waals surface area contributed by atoms with E-state index in [1.807, 2.05) is 12.1 Å². The van der Waals surface area contributed by atoms with Crippen molar-refractivity contribution < 1.29 is 4.79 Å². The Hall–Kier alpha value is -1.85. The lowest BCUT2D eigenvalue weighted by atomic mass is 10.1. The summed E-state index contributed by atoms with van der Waals surface area (Å²) >= 11 is 1.59. The van der Waals surface area contributed by atoms with Gasteiger partial charge in [-0.05, 0) is 62.7 Å². The second-order valence-corrected chi connectivity index (χ2v) is 8.44. The number of aryl methyl sites for hydroxylation is 3. The Morgan fingerprint density at radius 3 is 2.54 bits per heavy atom. The Labute approximate surface area is 160 Å². The van der Waals surface area contributed by atoms with E-state index in [0.29, 0.717) is 0 Å². The van der Waals surface area contributed by atoms with Gasteiger partial charge < -0.3 is 15.1 Å². The minimum atomic E-state index is -0.00722. The molecule has 0 unspecified atom stereocenters. The predicted molar refractivity (Wildman–Crippen MR) is 112 cm³/mol. The Bertz CT molecular complexity index is 776. The van der Waals surface area contributed by atoms with Crippen molar-refractivity contribution in [3.63, 3.8) is 0 Å². The van der Waals surface area contributed by atoms with Gasteiger partial charge in [0.1, 0.15) is 0 Å². The second-order valence-electron chi connectivity index (χ2n) is 7.19. The molecule has 0 spiro atoms. The van der Waals surface area contributed by atoms with Crippen LogP contribution in [0.2, 0.25) is 0 Å². The van der Waals surface area contributed by atoms with Gasteiger partial charge in [-0.3, -0.25) is 4.79 Å². The van der Waals surface area contributed by atoms with Crippen molar-refractivity contribution in [3.8, 4) is 0 Å². The fraction of sp³-hybridized carbons (Fsp3) is 0.476. The maximum atomic E-state index is 12.6. The first-order chi connectivity index (χ1) is 12.5. The van der Waals surface area contributed by atoms with Gasteiger partial charge in [-0.15, -0.1) is 11.3 Å². The predicted octanol–water partition coefficient (Wildman–Crippen LogP) is 4.32. The van der Waals surface area contributed by atoms with E-state index in [2.05, 4.69) is 55.1 Å². The number of carbonyl (C=O) groups is 1. The molecular weight excluding hydrogens is 342 g/mol. The number of likely N-dealkylation sites (N-methyl/N-ethyl adjacent to an activating group) is 1. The highest BCUT2D eigenvalue weighted by Gasteiger charge is 2.17. The number of anilines is 2. The van der Waals surface area contributed by atoms with Crippen LogP contribution >= 0.6 is 11.3 Å². The van der Waals surface area contributed by atoms with E-state index in [1.165, 1.54) is 21.7 Å². The lowest BCUT2D eigenvalue weighted by molar-refractivity contribution is 0.103. The summed E-state index contributed by atoms with van der Waals surface area (Å²) in [5, 5.41) is 3.06. The molecule has 0 radical (unpaired) electrons. The molecule has 0 bridgehead atoms. The summed E-state index contributed by atoms with van der Waals surface area (Å²) in [6.07, 6.45) is 2.14. The zero-order valence-electron chi connectivity index (χ0n) is 16.3. The maximum Gasteiger partial charge on any atom is 0.265 e. The molecule has 0 aliphatic carbocycles. The van der Waals surface area contributed by atoms with Gasteiger partial charge in [-0.2, -0.15) is 0 Å². The normalized spacial score (nSPS) is 15.3. The minimum Gasteiger partial charge on any atom is -0.369 e. The quantitative estimate of drug-likeness (QED) is 0.850. The van der Waals surface area contributed by atoms with Crippen LogP contribution in [0.25, 0.3) is 0 Å². The topological polar surface area (TPSA) is 35.6 Å². The van der Waals surface area contributed by atoms with Crippen molar-refractivity contribution in [1.82, 2.24) is 4.90 Å². The van der Waals surface area contributed by atoms with Crippen LogP contribution in [0, 0.1) is 13.8 Å². The Balaban J connectivity index is 1.69. The Morgan fingerprint density at radius 1 is 1.15 bits per heavy atom. The molecule has 0 atom stereocenters. The van der Waals surface area contributed by atoms with Crippen molar-refractivity contribution in [2.45, 2.75) is 33.6 Å². The van der Waals surface area contributed by atoms with Gasteiger partial charge >= 0.3 is 0 Å². The summed E-state index contributed by atoms with van der Waals surface area (Å²) in [6.45, 7) is 10.7. The van der Waals surface area contributed by atoms with Gasteiger partial charge in [0.05, 0.1) is 4.88 Å². The summed E-state index contributed by atoms with van der Waals surface area (Å²) in [5.41, 5.74) is 4.65. The van der Waals surface area contributed by atoms with Crippen LogP contribution in [-0.4, -0.2) is 44.0 Å². The molecule has 3 rings (SSSR count). The molecule has 1 amide bonds. The number of amides is 1. The number of thiophene rings is 1. The van der Waals surface area contributed by atoms with E-state index < -0.39 is 0 Å². The highest BCUT2D eigenvalue weighted by Crippen LogP contribution is 2.27. The zero-order valence-corrected chi connectivity index (χ0v) is 17.1. The van der Waals surface area contributed by atoms with Crippen LogP contribution in [0.1, 0.15) is 39.0 Å². The van der Waals surface area contributed by atoms with Gasteiger partial charge in [-0.25, -0.2) is 0 Å². The molecule has 0 saturated carbocycles. The zero-order chi connectivity index (χ0) is 18.7. The summed E-state index contributed by atoms with van der Waals surface area (Å²) in [4.78, 5) is 19.4. The van der Waals surface area contributed by atoms with Crippen molar-refractivity contribution >= 4 is 28.6 Å². The number of carbonyl (C=O) groups excluding carboxylic acids is 1. The van der Waals surface area contributed by atoms with E-state index in [-0.39, 0.29) is 5.91 Å².